The first-order valence-electron chi connectivity index (χ1n) is 6.85. The third-order valence-corrected chi connectivity index (χ3v) is 3.20. The standard InChI is InChI=1S/C17H15N3O2/c1-18-17(21)22-15-9-7-14(8-10-15)20-11-16(19-12-20)13-5-3-2-4-6-13/h2-12H,1H3,(H,18,21). The molecule has 3 rings (SSSR count). The SMILES string of the molecule is CNC(=O)Oc1ccc(-n2cnc(-c3ccccc3)c2)cc1. The van der Waals surface area contributed by atoms with Gasteiger partial charge in [0, 0.05) is 24.5 Å². The van der Waals surface area contributed by atoms with E-state index < -0.39 is 6.09 Å². The van der Waals surface area contributed by atoms with Crippen LogP contribution in [0.2, 0.25) is 0 Å². The molecule has 22 heavy (non-hydrogen) atoms. The number of rotatable bonds is 3. The van der Waals surface area contributed by atoms with Crippen LogP contribution in [-0.4, -0.2) is 22.7 Å². The second kappa shape index (κ2) is 6.13. The van der Waals surface area contributed by atoms with Gasteiger partial charge in [-0.25, -0.2) is 9.78 Å². The molecule has 0 radical (unpaired) electrons. The van der Waals surface area contributed by atoms with Gasteiger partial charge in [-0.2, -0.15) is 0 Å². The predicted octanol–water partition coefficient (Wildman–Crippen LogP) is 3.26. The summed E-state index contributed by atoms with van der Waals surface area (Å²) in [5.74, 6) is 0.492. The van der Waals surface area contributed by atoms with Crippen LogP contribution in [-0.2, 0) is 0 Å². The number of benzene rings is 2. The second-order valence-corrected chi connectivity index (χ2v) is 4.67. The highest BCUT2D eigenvalue weighted by Crippen LogP contribution is 2.20. The Morgan fingerprint density at radius 1 is 1.09 bits per heavy atom. The summed E-state index contributed by atoms with van der Waals surface area (Å²) in [6, 6.07) is 17.2. The molecule has 0 fully saturated rings. The monoisotopic (exact) mass is 293 g/mol. The summed E-state index contributed by atoms with van der Waals surface area (Å²) in [5, 5.41) is 2.40. The molecule has 1 amide bonds. The van der Waals surface area contributed by atoms with E-state index in [9.17, 15) is 4.79 Å². The normalized spacial score (nSPS) is 10.2. The maximum Gasteiger partial charge on any atom is 0.412 e. The molecule has 0 saturated heterocycles. The molecule has 5 heteroatoms. The third kappa shape index (κ3) is 2.98. The van der Waals surface area contributed by atoms with Crippen LogP contribution in [0.1, 0.15) is 0 Å². The van der Waals surface area contributed by atoms with E-state index in [1.807, 2.05) is 53.2 Å². The largest absolute Gasteiger partial charge is 0.412 e. The van der Waals surface area contributed by atoms with E-state index in [1.165, 1.54) is 7.05 Å². The fourth-order valence-corrected chi connectivity index (χ4v) is 2.07. The van der Waals surface area contributed by atoms with Gasteiger partial charge >= 0.3 is 6.09 Å². The smallest absolute Gasteiger partial charge is 0.410 e. The van der Waals surface area contributed by atoms with Crippen molar-refractivity contribution in [1.29, 1.82) is 0 Å². The minimum atomic E-state index is -0.484. The second-order valence-electron chi connectivity index (χ2n) is 4.67. The van der Waals surface area contributed by atoms with Crippen molar-refractivity contribution in [3.8, 4) is 22.7 Å². The zero-order valence-electron chi connectivity index (χ0n) is 12.1. The molecule has 0 aliphatic carbocycles. The summed E-state index contributed by atoms with van der Waals surface area (Å²) < 4.78 is 6.98. The van der Waals surface area contributed by atoms with Crippen molar-refractivity contribution in [2.24, 2.45) is 0 Å². The Bertz CT molecular complexity index is 764. The number of nitrogens with zero attached hydrogens (tertiary/aromatic N) is 2. The van der Waals surface area contributed by atoms with Crippen molar-refractivity contribution in [3.05, 3.63) is 67.1 Å². The third-order valence-electron chi connectivity index (χ3n) is 3.20. The highest BCUT2D eigenvalue weighted by atomic mass is 16.5. The van der Waals surface area contributed by atoms with Crippen molar-refractivity contribution in [2.45, 2.75) is 0 Å². The number of carbonyl (C=O) groups excluding carboxylic acids is 1. The lowest BCUT2D eigenvalue weighted by Crippen LogP contribution is -2.21. The molecule has 110 valence electrons. The molecule has 0 bridgehead atoms. The zero-order valence-corrected chi connectivity index (χ0v) is 12.1. The van der Waals surface area contributed by atoms with Crippen LogP contribution in [0.3, 0.4) is 0 Å². The van der Waals surface area contributed by atoms with Crippen LogP contribution >= 0.6 is 0 Å². The van der Waals surface area contributed by atoms with Crippen LogP contribution in [0.15, 0.2) is 67.1 Å². The molecule has 0 saturated carbocycles. The highest BCUT2D eigenvalue weighted by molar-refractivity contribution is 5.70. The van der Waals surface area contributed by atoms with Crippen LogP contribution in [0, 0.1) is 0 Å². The maximum absolute atomic E-state index is 11.1. The predicted molar refractivity (Wildman–Crippen MR) is 84.1 cm³/mol. The average molecular weight is 293 g/mol. The first kappa shape index (κ1) is 13.9. The van der Waals surface area contributed by atoms with Gasteiger partial charge in [0.15, 0.2) is 0 Å². The molecule has 0 spiro atoms. The molecule has 0 aliphatic heterocycles. The Hall–Kier alpha value is -3.08. The summed E-state index contributed by atoms with van der Waals surface area (Å²) in [7, 11) is 1.52. The number of nitrogens with one attached hydrogen (secondary N) is 1. The minimum absolute atomic E-state index is 0.484. The number of carbonyl (C=O) groups is 1. The fourth-order valence-electron chi connectivity index (χ4n) is 2.07. The first-order chi connectivity index (χ1) is 10.8. The Balaban J connectivity index is 1.80. The summed E-state index contributed by atoms with van der Waals surface area (Å²) in [6.07, 6.45) is 3.24. The van der Waals surface area contributed by atoms with Gasteiger partial charge in [-0.05, 0) is 24.3 Å². The quantitative estimate of drug-likeness (QED) is 0.806. The van der Waals surface area contributed by atoms with Gasteiger partial charge in [-0.3, -0.25) is 0 Å². The number of hydrogen-bond acceptors (Lipinski definition) is 3. The zero-order chi connectivity index (χ0) is 15.4. The van der Waals surface area contributed by atoms with E-state index in [0.29, 0.717) is 5.75 Å². The summed E-state index contributed by atoms with van der Waals surface area (Å²) in [4.78, 5) is 15.6. The fraction of sp³-hybridized carbons (Fsp3) is 0.0588. The topological polar surface area (TPSA) is 56.1 Å². The Morgan fingerprint density at radius 3 is 2.50 bits per heavy atom. The van der Waals surface area contributed by atoms with Crippen molar-refractivity contribution in [3.63, 3.8) is 0 Å². The molecule has 1 heterocycles. The van der Waals surface area contributed by atoms with E-state index in [2.05, 4.69) is 10.3 Å². The van der Waals surface area contributed by atoms with E-state index in [1.54, 1.807) is 18.5 Å². The molecule has 2 aromatic carbocycles. The number of aromatic nitrogens is 2. The maximum atomic E-state index is 11.1. The van der Waals surface area contributed by atoms with Gasteiger partial charge in [0.05, 0.1) is 12.0 Å². The number of hydrogen-bond donors (Lipinski definition) is 1. The van der Waals surface area contributed by atoms with Crippen LogP contribution in [0.5, 0.6) is 5.75 Å². The highest BCUT2D eigenvalue weighted by Gasteiger charge is 2.05. The van der Waals surface area contributed by atoms with E-state index in [4.69, 9.17) is 4.74 Å². The van der Waals surface area contributed by atoms with Crippen molar-refractivity contribution in [2.75, 3.05) is 7.05 Å². The van der Waals surface area contributed by atoms with Crippen LogP contribution < -0.4 is 10.1 Å². The van der Waals surface area contributed by atoms with Gasteiger partial charge in [0.2, 0.25) is 0 Å². The Kier molecular flexibility index (Phi) is 3.87. The minimum Gasteiger partial charge on any atom is -0.410 e. The molecule has 3 aromatic rings. The van der Waals surface area contributed by atoms with Gasteiger partial charge in [-0.15, -0.1) is 0 Å². The van der Waals surface area contributed by atoms with E-state index in [-0.39, 0.29) is 0 Å². The van der Waals surface area contributed by atoms with Gasteiger partial charge in [-0.1, -0.05) is 30.3 Å². The lowest BCUT2D eigenvalue weighted by Gasteiger charge is -2.05. The molecule has 1 aromatic heterocycles. The van der Waals surface area contributed by atoms with Gasteiger partial charge in [0.25, 0.3) is 0 Å². The summed E-state index contributed by atoms with van der Waals surface area (Å²) >= 11 is 0. The summed E-state index contributed by atoms with van der Waals surface area (Å²) in [5.41, 5.74) is 2.92. The molecule has 0 aliphatic rings. The molecule has 0 unspecified atom stereocenters. The van der Waals surface area contributed by atoms with E-state index >= 15 is 0 Å². The van der Waals surface area contributed by atoms with Crippen LogP contribution in [0.25, 0.3) is 16.9 Å². The first-order valence-corrected chi connectivity index (χ1v) is 6.85. The number of imidazole rings is 1. The molecular weight excluding hydrogens is 278 g/mol. The van der Waals surface area contributed by atoms with Gasteiger partial charge in [0.1, 0.15) is 5.75 Å². The lowest BCUT2D eigenvalue weighted by molar-refractivity contribution is 0.203. The molecule has 0 atom stereocenters. The van der Waals surface area contributed by atoms with Crippen molar-refractivity contribution < 1.29 is 9.53 Å². The van der Waals surface area contributed by atoms with Gasteiger partial charge < -0.3 is 14.6 Å². The van der Waals surface area contributed by atoms with Crippen molar-refractivity contribution >= 4 is 6.09 Å². The Morgan fingerprint density at radius 2 is 1.82 bits per heavy atom. The molecule has 1 N–H and O–H groups in total. The summed E-state index contributed by atoms with van der Waals surface area (Å²) in [6.45, 7) is 0. The number of amides is 1. The lowest BCUT2D eigenvalue weighted by atomic mass is 10.2. The van der Waals surface area contributed by atoms with Crippen LogP contribution in [0.4, 0.5) is 4.79 Å². The van der Waals surface area contributed by atoms with Crippen molar-refractivity contribution in [1.82, 2.24) is 14.9 Å². The Labute approximate surface area is 128 Å². The molecular formula is C17H15N3O2. The average Bonchev–Trinajstić information content (AvgIpc) is 3.06. The number of ether oxygens (including phenoxy) is 1. The van der Waals surface area contributed by atoms with E-state index in [0.717, 1.165) is 16.9 Å². The molecule has 5 nitrogen and oxygen atoms in total.